The Morgan fingerprint density at radius 2 is 1.28 bits per heavy atom. The highest BCUT2D eigenvalue weighted by atomic mass is 32.1. The molecule has 0 saturated carbocycles. The third-order valence-corrected chi connectivity index (χ3v) is 6.01. The maximum Gasteiger partial charge on any atom is -0.00611 e. The quantitative estimate of drug-likeness (QED) is 0.268. The zero-order valence-corrected chi connectivity index (χ0v) is 20.3. The summed E-state index contributed by atoms with van der Waals surface area (Å²) in [6.45, 7) is 11.2. The first-order chi connectivity index (χ1) is 14.0. The van der Waals surface area contributed by atoms with Crippen molar-refractivity contribution in [2.45, 2.75) is 92.4 Å². The molecule has 0 radical (unpaired) electrons. The molecule has 0 aliphatic carbocycles. The summed E-state index contributed by atoms with van der Waals surface area (Å²) in [7, 11) is 0. The molecule has 0 aliphatic heterocycles. The van der Waals surface area contributed by atoms with Crippen molar-refractivity contribution in [2.75, 3.05) is 0 Å². The van der Waals surface area contributed by atoms with Crippen LogP contribution < -0.4 is 0 Å². The zero-order valence-electron chi connectivity index (χ0n) is 19.5. The lowest BCUT2D eigenvalue weighted by Gasteiger charge is -2.03. The minimum absolute atomic E-state index is 1.09. The van der Waals surface area contributed by atoms with Crippen LogP contribution in [0.25, 0.3) is 0 Å². The molecule has 160 valence electrons. The summed E-state index contributed by atoms with van der Waals surface area (Å²) in [6, 6.07) is 2.24. The van der Waals surface area contributed by atoms with Gasteiger partial charge in [-0.05, 0) is 115 Å². The van der Waals surface area contributed by atoms with E-state index in [0.29, 0.717) is 0 Å². The molecule has 0 saturated heterocycles. The SMILES string of the molecule is CC=CCC(C)=CCCC(C)=CCCC(C)=CCCC(C)=CCCc1ccsc1. The Morgan fingerprint density at radius 1 is 0.759 bits per heavy atom. The normalized spacial score (nSPS) is 14.2. The van der Waals surface area contributed by atoms with Crippen LogP contribution in [0.3, 0.4) is 0 Å². The molecule has 1 aromatic rings. The number of rotatable bonds is 14. The van der Waals surface area contributed by atoms with E-state index >= 15 is 0 Å². The van der Waals surface area contributed by atoms with Crippen molar-refractivity contribution in [3.8, 4) is 0 Å². The van der Waals surface area contributed by atoms with Gasteiger partial charge in [0.05, 0.1) is 0 Å². The zero-order chi connectivity index (χ0) is 21.3. The van der Waals surface area contributed by atoms with Gasteiger partial charge in [-0.2, -0.15) is 11.3 Å². The average molecular weight is 411 g/mol. The lowest BCUT2D eigenvalue weighted by atomic mass is 10.0. The van der Waals surface area contributed by atoms with E-state index in [1.807, 2.05) is 0 Å². The van der Waals surface area contributed by atoms with Crippen LogP contribution in [-0.2, 0) is 6.42 Å². The van der Waals surface area contributed by atoms with E-state index in [2.05, 4.69) is 87.9 Å². The third kappa shape index (κ3) is 14.1. The third-order valence-electron chi connectivity index (χ3n) is 5.28. The van der Waals surface area contributed by atoms with Crippen LogP contribution in [0.15, 0.2) is 75.6 Å². The van der Waals surface area contributed by atoms with Gasteiger partial charge in [0.25, 0.3) is 0 Å². The van der Waals surface area contributed by atoms with Crippen LogP contribution in [0, 0.1) is 0 Å². The van der Waals surface area contributed by atoms with E-state index in [0.717, 1.165) is 6.42 Å². The molecule has 0 fully saturated rings. The molecule has 0 amide bonds. The fourth-order valence-corrected chi connectivity index (χ4v) is 3.96. The summed E-state index contributed by atoms with van der Waals surface area (Å²) in [5.74, 6) is 0. The molecule has 0 aliphatic rings. The molecule has 0 unspecified atom stereocenters. The van der Waals surface area contributed by atoms with Gasteiger partial charge in [-0.15, -0.1) is 0 Å². The first-order valence-electron chi connectivity index (χ1n) is 11.3. The van der Waals surface area contributed by atoms with Crippen LogP contribution in [0.1, 0.15) is 91.5 Å². The van der Waals surface area contributed by atoms with Crippen molar-refractivity contribution in [1.82, 2.24) is 0 Å². The Hall–Kier alpha value is -1.60. The molecular formula is C28H42S. The van der Waals surface area contributed by atoms with Gasteiger partial charge in [-0.3, -0.25) is 0 Å². The standard InChI is InChI=1S/C28H42S/c1-6-7-12-24(2)13-8-14-25(3)15-9-16-26(4)17-10-18-27(5)19-11-20-28-21-22-29-23-28/h6-7,13,15,17,19,21-23H,8-12,14,16,18,20H2,1-5H3. The number of hydrogen-bond donors (Lipinski definition) is 0. The van der Waals surface area contributed by atoms with Crippen molar-refractivity contribution in [3.05, 3.63) is 81.1 Å². The van der Waals surface area contributed by atoms with Gasteiger partial charge in [0.15, 0.2) is 0 Å². The summed E-state index contributed by atoms with van der Waals surface area (Å²) >= 11 is 1.79. The highest BCUT2D eigenvalue weighted by Gasteiger charge is 1.95. The predicted molar refractivity (Wildman–Crippen MR) is 135 cm³/mol. The average Bonchev–Trinajstić information content (AvgIpc) is 3.20. The van der Waals surface area contributed by atoms with E-state index in [-0.39, 0.29) is 0 Å². The summed E-state index contributed by atoms with van der Waals surface area (Å²) in [4.78, 5) is 0. The molecule has 1 aromatic heterocycles. The Labute approximate surface area is 184 Å². The highest BCUT2D eigenvalue weighted by Crippen LogP contribution is 2.15. The number of hydrogen-bond acceptors (Lipinski definition) is 1. The summed E-state index contributed by atoms with van der Waals surface area (Å²) in [5, 5.41) is 4.43. The second-order valence-electron chi connectivity index (χ2n) is 8.26. The summed E-state index contributed by atoms with van der Waals surface area (Å²) in [6.07, 6.45) is 24.5. The van der Waals surface area contributed by atoms with Gasteiger partial charge in [0.2, 0.25) is 0 Å². The Morgan fingerprint density at radius 3 is 1.76 bits per heavy atom. The first kappa shape index (κ1) is 25.4. The summed E-state index contributed by atoms with van der Waals surface area (Å²) < 4.78 is 0. The number of aryl methyl sites for hydroxylation is 1. The second kappa shape index (κ2) is 16.2. The minimum Gasteiger partial charge on any atom is -0.152 e. The largest absolute Gasteiger partial charge is 0.152 e. The molecular weight excluding hydrogens is 368 g/mol. The van der Waals surface area contributed by atoms with Gasteiger partial charge in [-0.1, -0.05) is 58.7 Å². The van der Waals surface area contributed by atoms with Crippen molar-refractivity contribution in [2.24, 2.45) is 0 Å². The first-order valence-corrected chi connectivity index (χ1v) is 12.2. The van der Waals surface area contributed by atoms with Gasteiger partial charge in [0, 0.05) is 0 Å². The number of allylic oxidation sites excluding steroid dienone is 10. The molecule has 29 heavy (non-hydrogen) atoms. The molecule has 0 nitrogen and oxygen atoms in total. The van der Waals surface area contributed by atoms with Crippen molar-refractivity contribution >= 4 is 11.3 Å². The van der Waals surface area contributed by atoms with Gasteiger partial charge >= 0.3 is 0 Å². The van der Waals surface area contributed by atoms with E-state index < -0.39 is 0 Å². The van der Waals surface area contributed by atoms with Crippen molar-refractivity contribution in [1.29, 1.82) is 0 Å². The Balaban J connectivity index is 2.19. The second-order valence-corrected chi connectivity index (χ2v) is 9.04. The lowest BCUT2D eigenvalue weighted by Crippen LogP contribution is -1.83. The monoisotopic (exact) mass is 410 g/mol. The van der Waals surface area contributed by atoms with Crippen LogP contribution in [0.2, 0.25) is 0 Å². The smallest absolute Gasteiger partial charge is 0.00611 e. The minimum atomic E-state index is 1.09. The van der Waals surface area contributed by atoms with Crippen LogP contribution in [-0.4, -0.2) is 0 Å². The van der Waals surface area contributed by atoms with E-state index in [1.165, 1.54) is 79.2 Å². The van der Waals surface area contributed by atoms with Crippen LogP contribution in [0.4, 0.5) is 0 Å². The molecule has 1 heterocycles. The Kier molecular flexibility index (Phi) is 14.2. The van der Waals surface area contributed by atoms with Gasteiger partial charge in [-0.25, -0.2) is 0 Å². The molecule has 1 rings (SSSR count). The van der Waals surface area contributed by atoms with Crippen molar-refractivity contribution < 1.29 is 0 Å². The van der Waals surface area contributed by atoms with Gasteiger partial charge < -0.3 is 0 Å². The topological polar surface area (TPSA) is 0 Å². The molecule has 0 atom stereocenters. The summed E-state index contributed by atoms with van der Waals surface area (Å²) in [5.41, 5.74) is 7.53. The predicted octanol–water partition coefficient (Wildman–Crippen LogP) is 9.77. The van der Waals surface area contributed by atoms with Gasteiger partial charge in [0.1, 0.15) is 0 Å². The molecule has 0 aromatic carbocycles. The van der Waals surface area contributed by atoms with E-state index in [1.54, 1.807) is 11.3 Å². The maximum absolute atomic E-state index is 2.44. The fraction of sp³-hybridized carbons (Fsp3) is 0.500. The van der Waals surface area contributed by atoms with E-state index in [4.69, 9.17) is 0 Å². The highest BCUT2D eigenvalue weighted by molar-refractivity contribution is 7.07. The molecule has 1 heteroatoms. The Bertz CT molecular complexity index is 693. The number of thiophene rings is 1. The molecule has 0 N–H and O–H groups in total. The van der Waals surface area contributed by atoms with Crippen LogP contribution >= 0.6 is 11.3 Å². The maximum atomic E-state index is 2.44. The molecule has 0 spiro atoms. The van der Waals surface area contributed by atoms with E-state index in [9.17, 15) is 0 Å². The van der Waals surface area contributed by atoms with Crippen LogP contribution in [0.5, 0.6) is 0 Å². The van der Waals surface area contributed by atoms with Crippen molar-refractivity contribution in [3.63, 3.8) is 0 Å². The lowest BCUT2D eigenvalue weighted by molar-refractivity contribution is 0.892. The molecule has 0 bridgehead atoms. The fourth-order valence-electron chi connectivity index (χ4n) is 3.25.